The Morgan fingerprint density at radius 3 is 2.71 bits per heavy atom. The van der Waals surface area contributed by atoms with E-state index in [1.807, 2.05) is 26.0 Å². The first-order valence-corrected chi connectivity index (χ1v) is 7.91. The molecule has 0 aliphatic rings. The van der Waals surface area contributed by atoms with Crippen LogP contribution in [0.3, 0.4) is 0 Å². The van der Waals surface area contributed by atoms with Gasteiger partial charge in [0, 0.05) is 12.6 Å². The van der Waals surface area contributed by atoms with Gasteiger partial charge >= 0.3 is 0 Å². The number of alkyl halides is 1. The number of imidazole rings is 1. The van der Waals surface area contributed by atoms with Crippen molar-refractivity contribution < 1.29 is 4.74 Å². The molecule has 2 rings (SSSR count). The van der Waals surface area contributed by atoms with Crippen molar-refractivity contribution in [2.75, 3.05) is 20.6 Å². The molecule has 116 valence electrons. The molecule has 4 nitrogen and oxygen atoms in total. The zero-order valence-electron chi connectivity index (χ0n) is 13.3. The van der Waals surface area contributed by atoms with Crippen molar-refractivity contribution in [1.29, 1.82) is 0 Å². The molecule has 0 atom stereocenters. The van der Waals surface area contributed by atoms with Gasteiger partial charge in [-0.3, -0.25) is 0 Å². The molecule has 0 spiro atoms. The molecule has 0 bridgehead atoms. The summed E-state index contributed by atoms with van der Waals surface area (Å²) in [6, 6.07) is 6.07. The highest BCUT2D eigenvalue weighted by Gasteiger charge is 2.11. The SMILES string of the molecule is CC(C)Oc1ccc2c(c1)nc(CCl)n2CCCN(C)C. The van der Waals surface area contributed by atoms with Gasteiger partial charge in [-0.1, -0.05) is 0 Å². The molecule has 0 N–H and O–H groups in total. The first-order chi connectivity index (χ1) is 10.0. The standard InChI is InChI=1S/C16H24ClN3O/c1-12(2)21-13-6-7-15-14(10-13)18-16(11-17)20(15)9-5-8-19(3)4/h6-7,10,12H,5,8-9,11H2,1-4H3. The minimum absolute atomic E-state index is 0.164. The predicted molar refractivity (Wildman–Crippen MR) is 88.2 cm³/mol. The fourth-order valence-electron chi connectivity index (χ4n) is 2.40. The minimum Gasteiger partial charge on any atom is -0.491 e. The Morgan fingerprint density at radius 2 is 2.10 bits per heavy atom. The van der Waals surface area contributed by atoms with Crippen LogP contribution in [0.15, 0.2) is 18.2 Å². The molecule has 0 saturated heterocycles. The van der Waals surface area contributed by atoms with Crippen LogP contribution in [0.4, 0.5) is 0 Å². The van der Waals surface area contributed by atoms with Crippen molar-refractivity contribution in [2.45, 2.75) is 38.8 Å². The zero-order chi connectivity index (χ0) is 15.4. The van der Waals surface area contributed by atoms with Crippen LogP contribution in [0.1, 0.15) is 26.1 Å². The van der Waals surface area contributed by atoms with Gasteiger partial charge in [0.1, 0.15) is 11.6 Å². The highest BCUT2D eigenvalue weighted by Crippen LogP contribution is 2.23. The summed E-state index contributed by atoms with van der Waals surface area (Å²) in [7, 11) is 4.17. The maximum absolute atomic E-state index is 6.04. The second-order valence-electron chi connectivity index (χ2n) is 5.79. The van der Waals surface area contributed by atoms with E-state index in [2.05, 4.69) is 34.6 Å². The van der Waals surface area contributed by atoms with E-state index in [9.17, 15) is 0 Å². The predicted octanol–water partition coefficient (Wildman–Crippen LogP) is 3.51. The normalized spacial score (nSPS) is 11.8. The fourth-order valence-corrected chi connectivity index (χ4v) is 2.61. The lowest BCUT2D eigenvalue weighted by Gasteiger charge is -2.12. The molecule has 0 unspecified atom stereocenters. The van der Waals surface area contributed by atoms with E-state index < -0.39 is 0 Å². The van der Waals surface area contributed by atoms with Crippen molar-refractivity contribution >= 4 is 22.6 Å². The molecule has 1 heterocycles. The highest BCUT2D eigenvalue weighted by molar-refractivity contribution is 6.16. The summed E-state index contributed by atoms with van der Waals surface area (Å²) in [5.41, 5.74) is 2.08. The molecule has 0 aliphatic heterocycles. The number of aromatic nitrogens is 2. The van der Waals surface area contributed by atoms with Gasteiger partial charge in [0.2, 0.25) is 0 Å². The smallest absolute Gasteiger partial charge is 0.124 e. The third kappa shape index (κ3) is 4.11. The number of aryl methyl sites for hydroxylation is 1. The quantitative estimate of drug-likeness (QED) is 0.733. The number of hydrogen-bond acceptors (Lipinski definition) is 3. The molecule has 1 aromatic heterocycles. The van der Waals surface area contributed by atoms with Crippen LogP contribution in [0, 0.1) is 0 Å². The van der Waals surface area contributed by atoms with Crippen molar-refractivity contribution in [1.82, 2.24) is 14.5 Å². The van der Waals surface area contributed by atoms with Crippen LogP contribution < -0.4 is 4.74 Å². The number of benzene rings is 1. The molecule has 0 radical (unpaired) electrons. The number of hydrogen-bond donors (Lipinski definition) is 0. The maximum Gasteiger partial charge on any atom is 0.124 e. The average Bonchev–Trinajstić information content (AvgIpc) is 2.75. The van der Waals surface area contributed by atoms with Gasteiger partial charge in [-0.05, 0) is 53.0 Å². The van der Waals surface area contributed by atoms with Crippen molar-refractivity contribution in [2.24, 2.45) is 0 Å². The van der Waals surface area contributed by atoms with E-state index >= 15 is 0 Å². The monoisotopic (exact) mass is 309 g/mol. The number of fused-ring (bicyclic) bond motifs is 1. The number of rotatable bonds is 7. The van der Waals surface area contributed by atoms with Crippen LogP contribution in [0.2, 0.25) is 0 Å². The Bertz CT molecular complexity index is 592. The summed E-state index contributed by atoms with van der Waals surface area (Å²) in [6.07, 6.45) is 1.24. The first-order valence-electron chi connectivity index (χ1n) is 7.37. The van der Waals surface area contributed by atoms with Crippen molar-refractivity contribution in [3.63, 3.8) is 0 Å². The van der Waals surface area contributed by atoms with Crippen LogP contribution in [-0.2, 0) is 12.4 Å². The topological polar surface area (TPSA) is 30.3 Å². The summed E-state index contributed by atoms with van der Waals surface area (Å²) in [6.45, 7) is 6.03. The summed E-state index contributed by atoms with van der Waals surface area (Å²) < 4.78 is 7.94. The van der Waals surface area contributed by atoms with Gasteiger partial charge in [-0.2, -0.15) is 0 Å². The second kappa shape index (κ2) is 7.14. The molecule has 0 aliphatic carbocycles. The maximum atomic E-state index is 6.04. The molecule has 21 heavy (non-hydrogen) atoms. The lowest BCUT2D eigenvalue weighted by Crippen LogP contribution is -2.15. The molecule has 0 amide bonds. The van der Waals surface area contributed by atoms with E-state index in [1.54, 1.807) is 0 Å². The number of halogens is 1. The Balaban J connectivity index is 2.26. The average molecular weight is 310 g/mol. The van der Waals surface area contributed by atoms with Gasteiger partial charge in [-0.15, -0.1) is 11.6 Å². The van der Waals surface area contributed by atoms with Gasteiger partial charge in [0.15, 0.2) is 0 Å². The van der Waals surface area contributed by atoms with Crippen LogP contribution in [0.5, 0.6) is 5.75 Å². The lowest BCUT2D eigenvalue weighted by molar-refractivity contribution is 0.242. The Morgan fingerprint density at radius 1 is 1.33 bits per heavy atom. The van der Waals surface area contributed by atoms with Crippen molar-refractivity contribution in [3.05, 3.63) is 24.0 Å². The van der Waals surface area contributed by atoms with E-state index in [4.69, 9.17) is 16.3 Å². The van der Waals surface area contributed by atoms with E-state index in [0.717, 1.165) is 42.1 Å². The molecular weight excluding hydrogens is 286 g/mol. The lowest BCUT2D eigenvalue weighted by atomic mass is 10.3. The molecule has 1 aromatic carbocycles. The summed E-state index contributed by atoms with van der Waals surface area (Å²) >= 11 is 6.04. The highest BCUT2D eigenvalue weighted by atomic mass is 35.5. The van der Waals surface area contributed by atoms with Crippen LogP contribution >= 0.6 is 11.6 Å². The molecule has 0 saturated carbocycles. The van der Waals surface area contributed by atoms with E-state index in [1.165, 1.54) is 0 Å². The largest absolute Gasteiger partial charge is 0.491 e. The van der Waals surface area contributed by atoms with E-state index in [0.29, 0.717) is 5.88 Å². The van der Waals surface area contributed by atoms with E-state index in [-0.39, 0.29) is 6.10 Å². The Hall–Kier alpha value is -1.26. The number of nitrogens with zero attached hydrogens (tertiary/aromatic N) is 3. The molecule has 0 fully saturated rings. The minimum atomic E-state index is 0.164. The van der Waals surface area contributed by atoms with Gasteiger partial charge in [-0.25, -0.2) is 4.98 Å². The first kappa shape index (κ1) is 16.1. The number of ether oxygens (including phenoxy) is 1. The molecule has 5 heteroatoms. The fraction of sp³-hybridized carbons (Fsp3) is 0.562. The Kier molecular flexibility index (Phi) is 5.48. The summed E-state index contributed by atoms with van der Waals surface area (Å²) in [5, 5.41) is 0. The van der Waals surface area contributed by atoms with Gasteiger partial charge in [0.05, 0.1) is 23.0 Å². The molecule has 2 aromatic rings. The third-order valence-corrected chi connectivity index (χ3v) is 3.52. The van der Waals surface area contributed by atoms with Crippen LogP contribution in [-0.4, -0.2) is 41.2 Å². The second-order valence-corrected chi connectivity index (χ2v) is 6.05. The zero-order valence-corrected chi connectivity index (χ0v) is 14.0. The van der Waals surface area contributed by atoms with Gasteiger partial charge in [0.25, 0.3) is 0 Å². The third-order valence-electron chi connectivity index (χ3n) is 3.28. The molecular formula is C16H24ClN3O. The summed E-state index contributed by atoms with van der Waals surface area (Å²) in [4.78, 5) is 6.82. The van der Waals surface area contributed by atoms with Crippen LogP contribution in [0.25, 0.3) is 11.0 Å². The van der Waals surface area contributed by atoms with Crippen molar-refractivity contribution in [3.8, 4) is 5.75 Å². The van der Waals surface area contributed by atoms with Gasteiger partial charge < -0.3 is 14.2 Å². The summed E-state index contributed by atoms with van der Waals surface area (Å²) in [5.74, 6) is 2.21. The Labute approximate surface area is 131 Å².